The fourth-order valence-corrected chi connectivity index (χ4v) is 2.01. The molecule has 0 aliphatic heterocycles. The lowest BCUT2D eigenvalue weighted by molar-refractivity contribution is 0.0476. The summed E-state index contributed by atoms with van der Waals surface area (Å²) >= 11 is 0. The van der Waals surface area contributed by atoms with E-state index in [2.05, 4.69) is 15.5 Å². The number of hydrogen-bond donors (Lipinski definition) is 1. The van der Waals surface area contributed by atoms with E-state index in [0.717, 1.165) is 5.56 Å². The van der Waals surface area contributed by atoms with Crippen LogP contribution in [0.5, 0.6) is 0 Å². The standard InChI is InChI=1S/C17H23N3O3/c1-11(2)13(18-16(21)22-17(3,4)5)15-19-14(20-23-15)12-9-7-6-8-10-12/h6-11,13H,1-5H3,(H,18,21). The number of nitrogens with zero attached hydrogens (tertiary/aromatic N) is 2. The van der Waals surface area contributed by atoms with Gasteiger partial charge in [0, 0.05) is 5.56 Å². The number of ether oxygens (including phenoxy) is 1. The number of aromatic nitrogens is 2. The number of rotatable bonds is 4. The van der Waals surface area contributed by atoms with E-state index in [0.29, 0.717) is 11.7 Å². The Bertz CT molecular complexity index is 645. The number of nitrogens with one attached hydrogen (secondary N) is 1. The molecule has 1 atom stereocenters. The molecule has 0 bridgehead atoms. The van der Waals surface area contributed by atoms with Gasteiger partial charge in [-0.1, -0.05) is 49.3 Å². The summed E-state index contributed by atoms with van der Waals surface area (Å²) in [5.41, 5.74) is 0.303. The molecule has 0 spiro atoms. The smallest absolute Gasteiger partial charge is 0.408 e. The maximum Gasteiger partial charge on any atom is 0.408 e. The van der Waals surface area contributed by atoms with Crippen LogP contribution in [-0.4, -0.2) is 21.8 Å². The van der Waals surface area contributed by atoms with Gasteiger partial charge in [0.25, 0.3) is 0 Å². The summed E-state index contributed by atoms with van der Waals surface area (Å²) in [5, 5.41) is 6.79. The van der Waals surface area contributed by atoms with Crippen LogP contribution in [0.2, 0.25) is 0 Å². The van der Waals surface area contributed by atoms with E-state index in [4.69, 9.17) is 9.26 Å². The number of carbonyl (C=O) groups excluding carboxylic acids is 1. The summed E-state index contributed by atoms with van der Waals surface area (Å²) < 4.78 is 10.6. The van der Waals surface area contributed by atoms with Gasteiger partial charge >= 0.3 is 6.09 Å². The topological polar surface area (TPSA) is 77.2 Å². The second kappa shape index (κ2) is 6.81. The fraction of sp³-hybridized carbons (Fsp3) is 0.471. The van der Waals surface area contributed by atoms with Gasteiger partial charge in [0.2, 0.25) is 11.7 Å². The van der Waals surface area contributed by atoms with Crippen molar-refractivity contribution in [2.75, 3.05) is 0 Å². The van der Waals surface area contributed by atoms with Crippen molar-refractivity contribution >= 4 is 6.09 Å². The lowest BCUT2D eigenvalue weighted by Gasteiger charge is -2.23. The molecule has 1 N–H and O–H groups in total. The Hall–Kier alpha value is -2.37. The van der Waals surface area contributed by atoms with Crippen molar-refractivity contribution in [3.8, 4) is 11.4 Å². The monoisotopic (exact) mass is 317 g/mol. The van der Waals surface area contributed by atoms with Gasteiger partial charge in [-0.25, -0.2) is 4.79 Å². The first-order chi connectivity index (χ1) is 10.8. The van der Waals surface area contributed by atoms with Crippen LogP contribution in [0.1, 0.15) is 46.6 Å². The van der Waals surface area contributed by atoms with Crippen molar-refractivity contribution in [1.29, 1.82) is 0 Å². The van der Waals surface area contributed by atoms with Crippen molar-refractivity contribution < 1.29 is 14.1 Å². The molecule has 2 aromatic rings. The molecule has 6 nitrogen and oxygen atoms in total. The second-order valence-electron chi connectivity index (χ2n) is 6.69. The highest BCUT2D eigenvalue weighted by molar-refractivity contribution is 5.68. The summed E-state index contributed by atoms with van der Waals surface area (Å²) in [5.74, 6) is 0.938. The lowest BCUT2D eigenvalue weighted by atomic mass is 10.0. The van der Waals surface area contributed by atoms with Crippen LogP contribution in [0.4, 0.5) is 4.79 Å². The Morgan fingerprint density at radius 1 is 1.22 bits per heavy atom. The molecule has 1 amide bonds. The molecule has 1 unspecified atom stereocenters. The third-order valence-electron chi connectivity index (χ3n) is 3.08. The average molecular weight is 317 g/mol. The molecule has 0 saturated heterocycles. The zero-order valence-electron chi connectivity index (χ0n) is 14.2. The van der Waals surface area contributed by atoms with Gasteiger partial charge in [-0.15, -0.1) is 0 Å². The summed E-state index contributed by atoms with van der Waals surface area (Å²) in [6.07, 6.45) is -0.504. The Balaban J connectivity index is 2.16. The molecule has 124 valence electrons. The second-order valence-corrected chi connectivity index (χ2v) is 6.69. The Morgan fingerprint density at radius 3 is 2.43 bits per heavy atom. The van der Waals surface area contributed by atoms with Crippen LogP contribution in [-0.2, 0) is 4.74 Å². The molecule has 0 aliphatic carbocycles. The quantitative estimate of drug-likeness (QED) is 0.923. The number of hydrogen-bond acceptors (Lipinski definition) is 5. The molecule has 0 saturated carbocycles. The van der Waals surface area contributed by atoms with E-state index in [1.54, 1.807) is 0 Å². The van der Waals surface area contributed by atoms with Gasteiger partial charge in [0.1, 0.15) is 11.6 Å². The molecule has 6 heteroatoms. The SMILES string of the molecule is CC(C)C(NC(=O)OC(C)(C)C)c1nc(-c2ccccc2)no1. The number of amides is 1. The highest BCUT2D eigenvalue weighted by Gasteiger charge is 2.27. The van der Waals surface area contributed by atoms with Crippen molar-refractivity contribution in [3.05, 3.63) is 36.2 Å². The molecular formula is C17H23N3O3. The van der Waals surface area contributed by atoms with Crippen molar-refractivity contribution in [3.63, 3.8) is 0 Å². The normalized spacial score (nSPS) is 13.0. The molecule has 1 aromatic carbocycles. The van der Waals surface area contributed by atoms with Gasteiger partial charge in [0.15, 0.2) is 0 Å². The third-order valence-corrected chi connectivity index (χ3v) is 3.08. The minimum Gasteiger partial charge on any atom is -0.444 e. The summed E-state index contributed by atoms with van der Waals surface area (Å²) in [6, 6.07) is 9.13. The highest BCUT2D eigenvalue weighted by Crippen LogP contribution is 2.24. The van der Waals surface area contributed by atoms with Crippen LogP contribution in [0, 0.1) is 5.92 Å². The summed E-state index contributed by atoms with van der Waals surface area (Å²) in [6.45, 7) is 9.38. The molecule has 2 rings (SSSR count). The maximum absolute atomic E-state index is 12.0. The van der Waals surface area contributed by atoms with E-state index < -0.39 is 17.7 Å². The van der Waals surface area contributed by atoms with Gasteiger partial charge < -0.3 is 14.6 Å². The maximum atomic E-state index is 12.0. The summed E-state index contributed by atoms with van der Waals surface area (Å²) in [4.78, 5) is 16.4. The zero-order valence-corrected chi connectivity index (χ0v) is 14.2. The first-order valence-corrected chi connectivity index (χ1v) is 7.65. The zero-order chi connectivity index (χ0) is 17.0. The Kier molecular flexibility index (Phi) is 5.03. The van der Waals surface area contributed by atoms with Crippen LogP contribution in [0.25, 0.3) is 11.4 Å². The predicted octanol–water partition coefficient (Wildman–Crippen LogP) is 3.96. The average Bonchev–Trinajstić information content (AvgIpc) is 2.93. The number of alkyl carbamates (subject to hydrolysis) is 1. The van der Waals surface area contributed by atoms with Crippen molar-refractivity contribution in [1.82, 2.24) is 15.5 Å². The largest absolute Gasteiger partial charge is 0.444 e. The van der Waals surface area contributed by atoms with Crippen LogP contribution >= 0.6 is 0 Å². The third kappa shape index (κ3) is 4.81. The molecule has 23 heavy (non-hydrogen) atoms. The van der Waals surface area contributed by atoms with E-state index in [-0.39, 0.29) is 5.92 Å². The van der Waals surface area contributed by atoms with E-state index >= 15 is 0 Å². The number of benzene rings is 1. The Morgan fingerprint density at radius 2 is 1.87 bits per heavy atom. The van der Waals surface area contributed by atoms with Crippen LogP contribution < -0.4 is 5.32 Å². The molecular weight excluding hydrogens is 294 g/mol. The molecule has 0 radical (unpaired) electrons. The molecule has 0 aliphatic rings. The van der Waals surface area contributed by atoms with E-state index in [1.165, 1.54) is 0 Å². The van der Waals surface area contributed by atoms with E-state index in [1.807, 2.05) is 65.0 Å². The van der Waals surface area contributed by atoms with Crippen LogP contribution in [0.15, 0.2) is 34.9 Å². The van der Waals surface area contributed by atoms with Gasteiger partial charge in [-0.3, -0.25) is 0 Å². The minimum absolute atomic E-state index is 0.0755. The fourth-order valence-electron chi connectivity index (χ4n) is 2.01. The van der Waals surface area contributed by atoms with Gasteiger partial charge in [-0.05, 0) is 26.7 Å². The minimum atomic E-state index is -0.560. The molecule has 1 aromatic heterocycles. The van der Waals surface area contributed by atoms with Crippen LogP contribution in [0.3, 0.4) is 0 Å². The van der Waals surface area contributed by atoms with Crippen molar-refractivity contribution in [2.24, 2.45) is 5.92 Å². The number of carbonyl (C=O) groups is 1. The summed E-state index contributed by atoms with van der Waals surface area (Å²) in [7, 11) is 0. The van der Waals surface area contributed by atoms with Gasteiger partial charge in [-0.2, -0.15) is 4.98 Å². The van der Waals surface area contributed by atoms with Crippen molar-refractivity contribution in [2.45, 2.75) is 46.3 Å². The highest BCUT2D eigenvalue weighted by atomic mass is 16.6. The predicted molar refractivity (Wildman–Crippen MR) is 86.7 cm³/mol. The Labute approximate surface area is 136 Å². The molecule has 0 fully saturated rings. The molecule has 1 heterocycles. The first kappa shape index (κ1) is 17.0. The lowest BCUT2D eigenvalue weighted by Crippen LogP contribution is -2.37. The first-order valence-electron chi connectivity index (χ1n) is 7.65. The van der Waals surface area contributed by atoms with E-state index in [9.17, 15) is 4.79 Å². The van der Waals surface area contributed by atoms with Gasteiger partial charge in [0.05, 0.1) is 0 Å².